The lowest BCUT2D eigenvalue weighted by molar-refractivity contribution is -0.140. The minimum absolute atomic E-state index is 0.142. The van der Waals surface area contributed by atoms with E-state index >= 15 is 0 Å². The number of aliphatic hydroxyl groups excluding tert-OH is 1. The van der Waals surface area contributed by atoms with Gasteiger partial charge < -0.3 is 31.1 Å². The Hall–Kier alpha value is -2.03. The Morgan fingerprint density at radius 3 is 2.17 bits per heavy atom. The number of carbonyl (C=O) groups is 3. The molecule has 104 valence electrons. The second-order valence-electron chi connectivity index (χ2n) is 3.60. The van der Waals surface area contributed by atoms with Crippen molar-refractivity contribution in [2.75, 3.05) is 33.8 Å². The number of aliphatic carboxylic acids is 1. The van der Waals surface area contributed by atoms with Crippen LogP contribution in [0.2, 0.25) is 0 Å². The van der Waals surface area contributed by atoms with Crippen LogP contribution in [0.1, 0.15) is 0 Å². The van der Waals surface area contributed by atoms with Crippen molar-refractivity contribution in [1.82, 2.24) is 20.9 Å². The lowest BCUT2D eigenvalue weighted by Crippen LogP contribution is -2.49. The Morgan fingerprint density at radius 1 is 1.17 bits per heavy atom. The standard InChI is InChI=1S/C9H18N4O5/c1-13(2)9(18)11-4-3-10-8(17)12-6(5-14)7(15)16/h6,14H,3-5H2,1-2H3,(H,11,18)(H,15,16)(H2,10,12,17)/t6-/m1/s1. The number of urea groups is 2. The third-order valence-electron chi connectivity index (χ3n) is 1.88. The van der Waals surface area contributed by atoms with Gasteiger partial charge in [0.25, 0.3) is 0 Å². The van der Waals surface area contributed by atoms with Gasteiger partial charge in [-0.1, -0.05) is 0 Å². The molecule has 0 aliphatic rings. The van der Waals surface area contributed by atoms with E-state index < -0.39 is 24.6 Å². The first-order valence-electron chi connectivity index (χ1n) is 5.21. The predicted molar refractivity (Wildman–Crippen MR) is 62.1 cm³/mol. The summed E-state index contributed by atoms with van der Waals surface area (Å²) in [5.74, 6) is -1.33. The number of aliphatic hydroxyl groups is 1. The summed E-state index contributed by atoms with van der Waals surface area (Å²) in [6, 6.07) is -2.37. The van der Waals surface area contributed by atoms with Crippen LogP contribution in [0.25, 0.3) is 0 Å². The van der Waals surface area contributed by atoms with Gasteiger partial charge in [0.15, 0.2) is 6.04 Å². The molecule has 9 heteroatoms. The number of carboxylic acids is 1. The summed E-state index contributed by atoms with van der Waals surface area (Å²) in [5.41, 5.74) is 0. The van der Waals surface area contributed by atoms with Crippen LogP contribution in [0.3, 0.4) is 0 Å². The van der Waals surface area contributed by atoms with Gasteiger partial charge in [-0.25, -0.2) is 14.4 Å². The van der Waals surface area contributed by atoms with Crippen LogP contribution in [-0.2, 0) is 4.79 Å². The van der Waals surface area contributed by atoms with Crippen molar-refractivity contribution in [3.05, 3.63) is 0 Å². The van der Waals surface area contributed by atoms with E-state index in [4.69, 9.17) is 10.2 Å². The molecule has 0 radical (unpaired) electrons. The van der Waals surface area contributed by atoms with Crippen molar-refractivity contribution < 1.29 is 24.6 Å². The molecule has 0 rings (SSSR count). The third kappa shape index (κ3) is 6.53. The molecule has 18 heavy (non-hydrogen) atoms. The van der Waals surface area contributed by atoms with Crippen molar-refractivity contribution in [1.29, 1.82) is 0 Å². The number of carbonyl (C=O) groups excluding carboxylic acids is 2. The van der Waals surface area contributed by atoms with Gasteiger partial charge >= 0.3 is 18.0 Å². The molecular formula is C9H18N4O5. The number of rotatable bonds is 6. The molecule has 0 saturated heterocycles. The molecule has 0 aromatic rings. The zero-order valence-corrected chi connectivity index (χ0v) is 10.3. The fourth-order valence-electron chi connectivity index (χ4n) is 0.898. The molecule has 5 N–H and O–H groups in total. The molecule has 0 aromatic carbocycles. The van der Waals surface area contributed by atoms with E-state index in [1.165, 1.54) is 4.90 Å². The smallest absolute Gasteiger partial charge is 0.328 e. The van der Waals surface area contributed by atoms with E-state index in [1.54, 1.807) is 14.1 Å². The molecular weight excluding hydrogens is 244 g/mol. The lowest BCUT2D eigenvalue weighted by Gasteiger charge is -2.14. The van der Waals surface area contributed by atoms with Gasteiger partial charge in [-0.2, -0.15) is 0 Å². The number of hydrogen-bond donors (Lipinski definition) is 5. The largest absolute Gasteiger partial charge is 0.480 e. The van der Waals surface area contributed by atoms with E-state index in [2.05, 4.69) is 16.0 Å². The molecule has 1 atom stereocenters. The highest BCUT2D eigenvalue weighted by molar-refractivity contribution is 5.82. The van der Waals surface area contributed by atoms with Crippen LogP contribution in [-0.4, -0.2) is 73.0 Å². The Kier molecular flexibility index (Phi) is 7.20. The van der Waals surface area contributed by atoms with Crippen LogP contribution in [0.15, 0.2) is 0 Å². The first-order valence-corrected chi connectivity index (χ1v) is 5.21. The molecule has 9 nitrogen and oxygen atoms in total. The van der Waals surface area contributed by atoms with Gasteiger partial charge in [0.1, 0.15) is 0 Å². The van der Waals surface area contributed by atoms with Crippen LogP contribution in [0.4, 0.5) is 9.59 Å². The van der Waals surface area contributed by atoms with Crippen LogP contribution < -0.4 is 16.0 Å². The molecule has 0 bridgehead atoms. The Labute approximate surface area is 104 Å². The highest BCUT2D eigenvalue weighted by atomic mass is 16.4. The monoisotopic (exact) mass is 262 g/mol. The van der Waals surface area contributed by atoms with Crippen molar-refractivity contribution in [2.45, 2.75) is 6.04 Å². The third-order valence-corrected chi connectivity index (χ3v) is 1.88. The maximum Gasteiger partial charge on any atom is 0.328 e. The Bertz CT molecular complexity index is 307. The molecule has 0 aromatic heterocycles. The predicted octanol–water partition coefficient (Wildman–Crippen LogP) is -2.00. The summed E-state index contributed by atoms with van der Waals surface area (Å²) in [5, 5.41) is 24.1. The molecule has 0 spiro atoms. The van der Waals surface area contributed by atoms with E-state index in [0.29, 0.717) is 0 Å². The summed E-state index contributed by atoms with van der Waals surface area (Å²) in [7, 11) is 3.16. The van der Waals surface area contributed by atoms with Crippen LogP contribution in [0, 0.1) is 0 Å². The molecule has 0 aliphatic carbocycles. The Balaban J connectivity index is 3.78. The van der Waals surface area contributed by atoms with Crippen LogP contribution >= 0.6 is 0 Å². The number of amides is 4. The van der Waals surface area contributed by atoms with Crippen molar-refractivity contribution in [3.8, 4) is 0 Å². The van der Waals surface area contributed by atoms with Gasteiger partial charge in [-0.3, -0.25) is 0 Å². The molecule has 0 aliphatic heterocycles. The van der Waals surface area contributed by atoms with E-state index in [-0.39, 0.29) is 19.1 Å². The number of hydrogen-bond acceptors (Lipinski definition) is 4. The van der Waals surface area contributed by atoms with Crippen molar-refractivity contribution >= 4 is 18.0 Å². The quantitative estimate of drug-likeness (QED) is 0.353. The van der Waals surface area contributed by atoms with Gasteiger partial charge in [0, 0.05) is 27.2 Å². The number of nitrogens with zero attached hydrogens (tertiary/aromatic N) is 1. The molecule has 0 saturated carbocycles. The maximum absolute atomic E-state index is 11.2. The molecule has 0 heterocycles. The number of carboxylic acid groups (broad SMARTS) is 1. The van der Waals surface area contributed by atoms with Gasteiger partial charge in [-0.15, -0.1) is 0 Å². The van der Waals surface area contributed by atoms with Crippen molar-refractivity contribution in [3.63, 3.8) is 0 Å². The highest BCUT2D eigenvalue weighted by Gasteiger charge is 2.18. The fraction of sp³-hybridized carbons (Fsp3) is 0.667. The highest BCUT2D eigenvalue weighted by Crippen LogP contribution is 1.82. The minimum Gasteiger partial charge on any atom is -0.480 e. The average Bonchev–Trinajstić information content (AvgIpc) is 2.30. The summed E-state index contributed by atoms with van der Waals surface area (Å²) < 4.78 is 0. The van der Waals surface area contributed by atoms with E-state index in [0.717, 1.165) is 0 Å². The topological polar surface area (TPSA) is 131 Å². The second kappa shape index (κ2) is 8.12. The lowest BCUT2D eigenvalue weighted by atomic mass is 10.3. The number of nitrogens with one attached hydrogen (secondary N) is 3. The minimum atomic E-state index is -1.35. The van der Waals surface area contributed by atoms with Crippen LogP contribution in [0.5, 0.6) is 0 Å². The van der Waals surface area contributed by atoms with Crippen molar-refractivity contribution in [2.24, 2.45) is 0 Å². The molecule has 0 fully saturated rings. The molecule has 4 amide bonds. The zero-order valence-electron chi connectivity index (χ0n) is 10.3. The summed E-state index contributed by atoms with van der Waals surface area (Å²) in [4.78, 5) is 34.1. The Morgan fingerprint density at radius 2 is 1.72 bits per heavy atom. The van der Waals surface area contributed by atoms with E-state index in [1.807, 2.05) is 0 Å². The van der Waals surface area contributed by atoms with E-state index in [9.17, 15) is 14.4 Å². The summed E-state index contributed by atoms with van der Waals surface area (Å²) in [6.45, 7) is -0.343. The van der Waals surface area contributed by atoms with Gasteiger partial charge in [-0.05, 0) is 0 Å². The summed E-state index contributed by atoms with van der Waals surface area (Å²) in [6.07, 6.45) is 0. The normalized spacial score (nSPS) is 11.3. The first kappa shape index (κ1) is 16.0. The molecule has 0 unspecified atom stereocenters. The first-order chi connectivity index (χ1) is 8.38. The SMILES string of the molecule is CN(C)C(=O)NCCNC(=O)N[C@H](CO)C(=O)O. The fourth-order valence-corrected chi connectivity index (χ4v) is 0.898. The zero-order chi connectivity index (χ0) is 14.1. The second-order valence-corrected chi connectivity index (χ2v) is 3.60. The van der Waals surface area contributed by atoms with Gasteiger partial charge in [0.05, 0.1) is 6.61 Å². The van der Waals surface area contributed by atoms with Gasteiger partial charge in [0.2, 0.25) is 0 Å². The average molecular weight is 262 g/mol. The maximum atomic E-state index is 11.2. The summed E-state index contributed by atoms with van der Waals surface area (Å²) >= 11 is 0.